The number of carbonyl (C=O) groups is 2. The number of hydrogen-bond acceptors (Lipinski definition) is 3. The van der Waals surface area contributed by atoms with Gasteiger partial charge in [-0.3, -0.25) is 9.59 Å². The quantitative estimate of drug-likeness (QED) is 0.240. The van der Waals surface area contributed by atoms with Crippen LogP contribution < -0.4 is 4.90 Å². The van der Waals surface area contributed by atoms with Gasteiger partial charge in [-0.15, -0.1) is 0 Å². The fraction of sp³-hybridized carbons (Fsp3) is 0.412. The maximum Gasteiger partial charge on any atom is 0.416 e. The van der Waals surface area contributed by atoms with Gasteiger partial charge in [0.1, 0.15) is 0 Å². The molecular weight excluding hydrogens is 632 g/mol. The number of nitrogens with zero attached hydrogens (tertiary/aromatic N) is 3. The molecule has 2 aliphatic heterocycles. The van der Waals surface area contributed by atoms with Crippen LogP contribution in [0.1, 0.15) is 64.7 Å². The molecule has 2 aliphatic rings. The lowest BCUT2D eigenvalue weighted by atomic mass is 9.74. The van der Waals surface area contributed by atoms with Gasteiger partial charge >= 0.3 is 12.4 Å². The van der Waals surface area contributed by atoms with E-state index >= 15 is 0 Å². The number of likely N-dealkylation sites (N-methyl/N-ethyl adjacent to an activating group) is 1. The number of alkyl halides is 6. The molecule has 5 nitrogen and oxygen atoms in total. The first-order valence-electron chi connectivity index (χ1n) is 15.0. The molecule has 1 spiro atoms. The van der Waals surface area contributed by atoms with Crippen LogP contribution in [-0.4, -0.2) is 61.4 Å². The molecule has 1 saturated heterocycles. The highest BCUT2D eigenvalue weighted by atomic mass is 35.5. The minimum Gasteiger partial charge on any atom is -0.341 e. The monoisotopic (exact) mass is 665 g/mol. The molecule has 246 valence electrons. The zero-order valence-electron chi connectivity index (χ0n) is 25.4. The number of amides is 2. The third kappa shape index (κ3) is 7.20. The summed E-state index contributed by atoms with van der Waals surface area (Å²) in [6, 6.07) is 16.0. The number of carbonyl (C=O) groups excluding carboxylic acids is 2. The number of piperidine rings is 1. The Bertz CT molecular complexity index is 1570. The summed E-state index contributed by atoms with van der Waals surface area (Å²) in [5, 5.41) is 0.471. The topological polar surface area (TPSA) is 43.9 Å². The van der Waals surface area contributed by atoms with Crippen molar-refractivity contribution in [3.63, 3.8) is 0 Å². The van der Waals surface area contributed by atoms with Gasteiger partial charge in [0.25, 0.3) is 5.91 Å². The summed E-state index contributed by atoms with van der Waals surface area (Å²) < 4.78 is 80.7. The second kappa shape index (κ2) is 12.9. The maximum absolute atomic E-state index is 13.4. The van der Waals surface area contributed by atoms with Crippen molar-refractivity contribution in [2.75, 3.05) is 44.7 Å². The summed E-state index contributed by atoms with van der Waals surface area (Å²) in [6.45, 7) is 4.47. The second-order valence-corrected chi connectivity index (χ2v) is 12.7. The third-order valence-electron chi connectivity index (χ3n) is 9.21. The van der Waals surface area contributed by atoms with Crippen LogP contribution in [0.25, 0.3) is 0 Å². The molecule has 0 aromatic heterocycles. The van der Waals surface area contributed by atoms with Crippen LogP contribution in [0.5, 0.6) is 0 Å². The molecule has 0 bridgehead atoms. The van der Waals surface area contributed by atoms with E-state index in [2.05, 4.69) is 11.0 Å². The van der Waals surface area contributed by atoms with Crippen LogP contribution in [0.15, 0.2) is 66.7 Å². The number of rotatable bonds is 7. The summed E-state index contributed by atoms with van der Waals surface area (Å²) >= 11 is 6.27. The van der Waals surface area contributed by atoms with Crippen molar-refractivity contribution >= 4 is 29.1 Å². The van der Waals surface area contributed by atoms with E-state index in [1.54, 1.807) is 25.1 Å². The fourth-order valence-corrected chi connectivity index (χ4v) is 6.92. The Labute approximate surface area is 268 Å². The number of halogens is 7. The Hall–Kier alpha value is -3.57. The van der Waals surface area contributed by atoms with Crippen molar-refractivity contribution in [3.05, 3.63) is 99.6 Å². The maximum atomic E-state index is 13.4. The lowest BCUT2D eigenvalue weighted by Crippen LogP contribution is -2.46. The molecule has 2 amide bonds. The molecule has 2 heterocycles. The van der Waals surface area contributed by atoms with E-state index < -0.39 is 35.0 Å². The Balaban J connectivity index is 1.31. The molecule has 0 aliphatic carbocycles. The number of fused-ring (bicyclic) bond motifs is 2. The molecule has 1 atom stereocenters. The first-order chi connectivity index (χ1) is 21.6. The highest BCUT2D eigenvalue weighted by molar-refractivity contribution is 6.30. The molecule has 5 rings (SSSR count). The van der Waals surface area contributed by atoms with E-state index in [1.807, 2.05) is 29.2 Å². The van der Waals surface area contributed by atoms with Gasteiger partial charge in [0.2, 0.25) is 5.91 Å². The number of benzene rings is 3. The van der Waals surface area contributed by atoms with Crippen LogP contribution in [0.3, 0.4) is 0 Å². The van der Waals surface area contributed by atoms with E-state index in [0.29, 0.717) is 36.7 Å². The van der Waals surface area contributed by atoms with Gasteiger partial charge in [-0.2, -0.15) is 26.3 Å². The molecule has 0 unspecified atom stereocenters. The van der Waals surface area contributed by atoms with Crippen LogP contribution in [0.2, 0.25) is 5.02 Å². The predicted octanol–water partition coefficient (Wildman–Crippen LogP) is 8.02. The Morgan fingerprint density at radius 2 is 1.54 bits per heavy atom. The van der Waals surface area contributed by atoms with E-state index in [9.17, 15) is 35.9 Å². The molecule has 12 heteroatoms. The zero-order valence-corrected chi connectivity index (χ0v) is 26.1. The number of para-hydroxylation sites is 1. The highest BCUT2D eigenvalue weighted by Crippen LogP contribution is 2.47. The van der Waals surface area contributed by atoms with E-state index in [-0.39, 0.29) is 29.9 Å². The van der Waals surface area contributed by atoms with Gasteiger partial charge in [-0.25, -0.2) is 0 Å². The average molecular weight is 666 g/mol. The molecule has 1 fully saturated rings. The van der Waals surface area contributed by atoms with Crippen LogP contribution >= 0.6 is 11.6 Å². The predicted molar refractivity (Wildman–Crippen MR) is 164 cm³/mol. The van der Waals surface area contributed by atoms with Crippen molar-refractivity contribution in [2.24, 2.45) is 0 Å². The largest absolute Gasteiger partial charge is 0.416 e. The number of anilines is 1. The highest BCUT2D eigenvalue weighted by Gasteiger charge is 2.45. The number of likely N-dealkylation sites (tertiary alicyclic amines) is 1. The average Bonchev–Trinajstić information content (AvgIpc) is 3.32. The summed E-state index contributed by atoms with van der Waals surface area (Å²) in [4.78, 5) is 31.0. The SMILES string of the molecule is CC(=O)N1CC2(CCN(CC[C@H](CN(C)C(=O)c3cc(C(F)(F)F)cc(C(F)(F)F)c3)c3cccc(Cl)c3)CC2)c2ccccc21. The smallest absolute Gasteiger partial charge is 0.341 e. The summed E-state index contributed by atoms with van der Waals surface area (Å²) in [5.41, 5.74) is -0.938. The zero-order chi connectivity index (χ0) is 33.4. The van der Waals surface area contributed by atoms with Crippen molar-refractivity contribution < 1.29 is 35.9 Å². The minimum atomic E-state index is -5.06. The van der Waals surface area contributed by atoms with Gasteiger partial charge in [0.15, 0.2) is 0 Å². The van der Waals surface area contributed by atoms with Gasteiger partial charge < -0.3 is 14.7 Å². The van der Waals surface area contributed by atoms with E-state index in [1.165, 1.54) is 12.6 Å². The molecule has 46 heavy (non-hydrogen) atoms. The van der Waals surface area contributed by atoms with Crippen LogP contribution in [-0.2, 0) is 22.6 Å². The van der Waals surface area contributed by atoms with Gasteiger partial charge in [-0.05, 0) is 86.4 Å². The summed E-state index contributed by atoms with van der Waals surface area (Å²) in [7, 11) is 1.37. The summed E-state index contributed by atoms with van der Waals surface area (Å²) in [5.74, 6) is -1.23. The molecular formula is C34H34ClF6N3O2. The first-order valence-corrected chi connectivity index (χ1v) is 15.4. The van der Waals surface area contributed by atoms with Gasteiger partial charge in [0, 0.05) is 54.7 Å². The van der Waals surface area contributed by atoms with Crippen LogP contribution in [0, 0.1) is 0 Å². The minimum absolute atomic E-state index is 0.00884. The van der Waals surface area contributed by atoms with Gasteiger partial charge in [-0.1, -0.05) is 41.9 Å². The Morgan fingerprint density at radius 3 is 2.13 bits per heavy atom. The summed E-state index contributed by atoms with van der Waals surface area (Å²) in [6.07, 6.45) is -7.85. The lowest BCUT2D eigenvalue weighted by molar-refractivity contribution is -0.143. The van der Waals surface area contributed by atoms with E-state index in [4.69, 9.17) is 11.6 Å². The Morgan fingerprint density at radius 1 is 0.913 bits per heavy atom. The lowest BCUT2D eigenvalue weighted by Gasteiger charge is -2.40. The fourth-order valence-electron chi connectivity index (χ4n) is 6.72. The van der Waals surface area contributed by atoms with Gasteiger partial charge in [0.05, 0.1) is 11.1 Å². The molecule has 0 saturated carbocycles. The normalized spacial score (nSPS) is 17.2. The standard InChI is InChI=1S/C34H34ClF6N3O2/c1-22(45)44-21-32(29-8-3-4-9-30(29)44)11-14-43(15-12-32)13-10-24(23-6-5-7-28(35)18-23)20-42(2)31(46)25-16-26(33(36,37)38)19-27(17-25)34(39,40)41/h3-9,16-19,24H,10-15,20-21H2,1-2H3/t24-/m1/s1. The number of hydrogen-bond donors (Lipinski definition) is 0. The molecule has 0 radical (unpaired) electrons. The molecule has 3 aromatic rings. The van der Waals surface area contributed by atoms with Crippen LogP contribution in [0.4, 0.5) is 32.0 Å². The van der Waals surface area contributed by atoms with Crippen molar-refractivity contribution in [1.29, 1.82) is 0 Å². The van der Waals surface area contributed by atoms with Crippen molar-refractivity contribution in [3.8, 4) is 0 Å². The van der Waals surface area contributed by atoms with Crippen molar-refractivity contribution in [1.82, 2.24) is 9.80 Å². The third-order valence-corrected chi connectivity index (χ3v) is 9.44. The van der Waals surface area contributed by atoms with E-state index in [0.717, 1.165) is 42.1 Å². The first kappa shape index (κ1) is 33.8. The second-order valence-electron chi connectivity index (χ2n) is 12.3. The Kier molecular flexibility index (Phi) is 9.48. The molecule has 0 N–H and O–H groups in total. The van der Waals surface area contributed by atoms with Crippen molar-refractivity contribution in [2.45, 2.75) is 49.9 Å². The molecule has 3 aromatic carbocycles.